The topological polar surface area (TPSA) is 20.2 Å². The van der Waals surface area contributed by atoms with E-state index in [0.717, 1.165) is 6.42 Å². The van der Waals surface area contributed by atoms with Gasteiger partial charge in [-0.3, -0.25) is 0 Å². The second-order valence-corrected chi connectivity index (χ2v) is 5.76. The van der Waals surface area contributed by atoms with E-state index in [1.165, 1.54) is 0 Å². The first-order valence-corrected chi connectivity index (χ1v) is 5.79. The van der Waals surface area contributed by atoms with Gasteiger partial charge in [0, 0.05) is 5.41 Å². The molecule has 0 bridgehead atoms. The normalized spacial score (nSPS) is 27.8. The van der Waals surface area contributed by atoms with Crippen LogP contribution in [0.4, 0.5) is 4.39 Å². The molecule has 1 aliphatic carbocycles. The molecule has 0 saturated heterocycles. The van der Waals surface area contributed by atoms with Gasteiger partial charge >= 0.3 is 0 Å². The van der Waals surface area contributed by atoms with Crippen molar-refractivity contribution in [3.8, 4) is 0 Å². The van der Waals surface area contributed by atoms with Crippen molar-refractivity contribution >= 4 is 15.9 Å². The van der Waals surface area contributed by atoms with Crippen LogP contribution in [0, 0.1) is 11.2 Å². The molecule has 2 rings (SSSR count). The Morgan fingerprint density at radius 1 is 1.47 bits per heavy atom. The predicted molar refractivity (Wildman–Crippen MR) is 61.3 cm³/mol. The lowest BCUT2D eigenvalue weighted by Crippen LogP contribution is -2.20. The lowest BCUT2D eigenvalue weighted by molar-refractivity contribution is 0.228. The Kier molecular flexibility index (Phi) is 2.43. The summed E-state index contributed by atoms with van der Waals surface area (Å²) in [4.78, 5) is 0. The van der Waals surface area contributed by atoms with E-state index < -0.39 is 0 Å². The van der Waals surface area contributed by atoms with Gasteiger partial charge in [-0.1, -0.05) is 26.0 Å². The summed E-state index contributed by atoms with van der Waals surface area (Å²) in [7, 11) is 0. The van der Waals surface area contributed by atoms with Crippen LogP contribution < -0.4 is 0 Å². The smallest absolute Gasteiger partial charge is 0.141 e. The fourth-order valence-corrected chi connectivity index (χ4v) is 2.76. The molecular formula is C12H14BrFO. The van der Waals surface area contributed by atoms with Gasteiger partial charge in [0.25, 0.3) is 0 Å². The lowest BCUT2D eigenvalue weighted by Gasteiger charge is -2.19. The van der Waals surface area contributed by atoms with Crippen LogP contribution in [0.15, 0.2) is 22.7 Å². The average molecular weight is 273 g/mol. The molecular weight excluding hydrogens is 259 g/mol. The number of aliphatic hydroxyl groups excluding tert-OH is 1. The molecule has 0 amide bonds. The first-order chi connectivity index (χ1) is 6.94. The second-order valence-electron chi connectivity index (χ2n) is 4.90. The maximum atomic E-state index is 13.9. The molecule has 1 unspecified atom stereocenters. The summed E-state index contributed by atoms with van der Waals surface area (Å²) < 4.78 is 14.4. The summed E-state index contributed by atoms with van der Waals surface area (Å²) in [6, 6.07) is 5.26. The van der Waals surface area contributed by atoms with E-state index in [1.807, 2.05) is 6.07 Å². The Balaban J connectivity index is 2.51. The Hall–Kier alpha value is -0.410. The zero-order valence-electron chi connectivity index (χ0n) is 8.85. The zero-order chi connectivity index (χ0) is 11.3. The molecule has 0 heterocycles. The van der Waals surface area contributed by atoms with Crippen LogP contribution in [0.2, 0.25) is 0 Å². The molecule has 0 aliphatic heterocycles. The van der Waals surface area contributed by atoms with Crippen molar-refractivity contribution in [2.24, 2.45) is 5.41 Å². The van der Waals surface area contributed by atoms with Crippen molar-refractivity contribution in [1.82, 2.24) is 0 Å². The fourth-order valence-electron chi connectivity index (χ4n) is 2.40. The van der Waals surface area contributed by atoms with Crippen LogP contribution >= 0.6 is 15.9 Å². The van der Waals surface area contributed by atoms with Crippen molar-refractivity contribution in [3.63, 3.8) is 0 Å². The Morgan fingerprint density at radius 3 is 2.53 bits per heavy atom. The Labute approximate surface area is 97.4 Å². The minimum atomic E-state index is -0.388. The Bertz CT molecular complexity index is 403. The van der Waals surface area contributed by atoms with Crippen LogP contribution in [-0.4, -0.2) is 11.7 Å². The second kappa shape index (κ2) is 3.29. The number of rotatable bonds is 2. The molecule has 15 heavy (non-hydrogen) atoms. The summed E-state index contributed by atoms with van der Waals surface area (Å²) in [6.07, 6.45) is 0.837. The van der Waals surface area contributed by atoms with Crippen LogP contribution in [0.25, 0.3) is 0 Å². The number of hydrogen-bond donors (Lipinski definition) is 1. The van der Waals surface area contributed by atoms with Crippen molar-refractivity contribution < 1.29 is 9.50 Å². The zero-order valence-corrected chi connectivity index (χ0v) is 10.4. The van der Waals surface area contributed by atoms with Gasteiger partial charge in [-0.2, -0.15) is 0 Å². The van der Waals surface area contributed by atoms with Gasteiger partial charge in [0.1, 0.15) is 5.82 Å². The fraction of sp³-hybridized carbons (Fsp3) is 0.500. The summed E-state index contributed by atoms with van der Waals surface area (Å²) >= 11 is 3.18. The highest BCUT2D eigenvalue weighted by atomic mass is 79.9. The van der Waals surface area contributed by atoms with Crippen LogP contribution in [0.1, 0.15) is 25.8 Å². The first-order valence-electron chi connectivity index (χ1n) is 5.00. The maximum Gasteiger partial charge on any atom is 0.141 e. The van der Waals surface area contributed by atoms with Gasteiger partial charge < -0.3 is 5.11 Å². The van der Waals surface area contributed by atoms with E-state index in [4.69, 9.17) is 0 Å². The maximum absolute atomic E-state index is 13.9. The highest BCUT2D eigenvalue weighted by molar-refractivity contribution is 9.10. The van der Waals surface area contributed by atoms with Gasteiger partial charge in [0.05, 0.1) is 11.1 Å². The Morgan fingerprint density at radius 2 is 2.07 bits per heavy atom. The van der Waals surface area contributed by atoms with Crippen LogP contribution in [-0.2, 0) is 5.41 Å². The van der Waals surface area contributed by atoms with Gasteiger partial charge in [-0.05, 0) is 39.4 Å². The minimum Gasteiger partial charge on any atom is -0.395 e. The minimum absolute atomic E-state index is 0.00731. The first kappa shape index (κ1) is 11.1. The molecule has 1 atom stereocenters. The van der Waals surface area contributed by atoms with E-state index >= 15 is 0 Å². The van der Waals surface area contributed by atoms with Crippen molar-refractivity contribution in [2.45, 2.75) is 25.7 Å². The highest BCUT2D eigenvalue weighted by Crippen LogP contribution is 2.64. The molecule has 0 aromatic heterocycles. The monoisotopic (exact) mass is 272 g/mol. The van der Waals surface area contributed by atoms with Crippen LogP contribution in [0.3, 0.4) is 0 Å². The number of benzene rings is 1. The third-order valence-electron chi connectivity index (χ3n) is 3.65. The number of halogens is 2. The predicted octanol–water partition coefficient (Wildman–Crippen LogP) is 3.25. The molecule has 1 aromatic carbocycles. The lowest BCUT2D eigenvalue weighted by atomic mass is 9.88. The summed E-state index contributed by atoms with van der Waals surface area (Å²) in [6.45, 7) is 4.13. The summed E-state index contributed by atoms with van der Waals surface area (Å²) in [5, 5.41) is 9.48. The molecule has 82 valence electrons. The van der Waals surface area contributed by atoms with Crippen molar-refractivity contribution in [3.05, 3.63) is 34.1 Å². The van der Waals surface area contributed by atoms with E-state index in [1.54, 1.807) is 12.1 Å². The molecule has 1 nitrogen and oxygen atoms in total. The van der Waals surface area contributed by atoms with Gasteiger partial charge in [-0.25, -0.2) is 4.39 Å². The highest BCUT2D eigenvalue weighted by Gasteiger charge is 2.62. The number of hydrogen-bond acceptors (Lipinski definition) is 1. The van der Waals surface area contributed by atoms with Gasteiger partial charge in [0.2, 0.25) is 0 Å². The average Bonchev–Trinajstić information content (AvgIpc) is 2.74. The van der Waals surface area contributed by atoms with Crippen molar-refractivity contribution in [2.75, 3.05) is 6.61 Å². The molecule has 1 fully saturated rings. The molecule has 0 spiro atoms. The van der Waals surface area contributed by atoms with Crippen LogP contribution in [0.5, 0.6) is 0 Å². The molecule has 1 aliphatic rings. The standard InChI is InChI=1S/C12H14BrFO/c1-11(2)6-12(11,7-15)8-4-3-5-9(13)10(8)14/h3-5,15H,6-7H2,1-2H3. The molecule has 3 heteroatoms. The van der Waals surface area contributed by atoms with Crippen molar-refractivity contribution in [1.29, 1.82) is 0 Å². The quantitative estimate of drug-likeness (QED) is 0.877. The summed E-state index contributed by atoms with van der Waals surface area (Å²) in [5.74, 6) is -0.239. The third kappa shape index (κ3) is 1.44. The molecule has 0 radical (unpaired) electrons. The SMILES string of the molecule is CC1(C)CC1(CO)c1cccc(Br)c1F. The summed E-state index contributed by atoms with van der Waals surface area (Å²) in [5.41, 5.74) is 0.230. The molecule has 1 aromatic rings. The largest absolute Gasteiger partial charge is 0.395 e. The van der Waals surface area contributed by atoms with Gasteiger partial charge in [-0.15, -0.1) is 0 Å². The number of aliphatic hydroxyl groups is 1. The molecule has 1 N–H and O–H groups in total. The van der Waals surface area contributed by atoms with E-state index in [2.05, 4.69) is 29.8 Å². The van der Waals surface area contributed by atoms with E-state index in [-0.39, 0.29) is 23.3 Å². The van der Waals surface area contributed by atoms with E-state index in [9.17, 15) is 9.50 Å². The van der Waals surface area contributed by atoms with Gasteiger partial charge in [0.15, 0.2) is 0 Å². The molecule has 1 saturated carbocycles. The van der Waals surface area contributed by atoms with E-state index in [0.29, 0.717) is 10.0 Å². The third-order valence-corrected chi connectivity index (χ3v) is 4.26.